The van der Waals surface area contributed by atoms with Crippen molar-refractivity contribution in [1.82, 2.24) is 5.32 Å². The van der Waals surface area contributed by atoms with Gasteiger partial charge in [0.15, 0.2) is 0 Å². The minimum absolute atomic E-state index is 0.147. The molecule has 0 saturated carbocycles. The molecular weight excluding hydrogens is 292 g/mol. The average Bonchev–Trinajstić information content (AvgIpc) is 2.46. The van der Waals surface area contributed by atoms with E-state index in [-0.39, 0.29) is 6.61 Å². The van der Waals surface area contributed by atoms with Crippen LogP contribution in [-0.4, -0.2) is 58.8 Å². The van der Waals surface area contributed by atoms with Crippen molar-refractivity contribution >= 4 is 0 Å². The van der Waals surface area contributed by atoms with Gasteiger partial charge in [0.25, 0.3) is 0 Å². The van der Waals surface area contributed by atoms with E-state index in [1.54, 1.807) is 28.0 Å². The highest BCUT2D eigenvalue weighted by molar-refractivity contribution is 4.71. The maximum absolute atomic E-state index is 9.06. The van der Waals surface area contributed by atoms with Crippen LogP contribution >= 0.6 is 0 Å². The summed E-state index contributed by atoms with van der Waals surface area (Å²) in [4.78, 5) is 18.4. The molecule has 0 aliphatic carbocycles. The number of methoxy groups -OCH3 is 1. The van der Waals surface area contributed by atoms with Gasteiger partial charge in [-0.3, -0.25) is 0 Å². The van der Waals surface area contributed by atoms with Crippen molar-refractivity contribution in [3.63, 3.8) is 0 Å². The summed E-state index contributed by atoms with van der Waals surface area (Å²) >= 11 is 0. The third-order valence-corrected chi connectivity index (χ3v) is 1.47. The average molecular weight is 324 g/mol. The van der Waals surface area contributed by atoms with Crippen LogP contribution in [0.4, 0.5) is 0 Å². The molecule has 22 heavy (non-hydrogen) atoms. The van der Waals surface area contributed by atoms with E-state index >= 15 is 0 Å². The minimum Gasteiger partial charge on any atom is -0.389 e. The number of likely N-dealkylation sites (N-methyl/N-ethyl adjacent to an activating group) is 1. The number of rotatable bonds is 11. The van der Waals surface area contributed by atoms with Gasteiger partial charge in [0.1, 0.15) is 24.7 Å². The van der Waals surface area contributed by atoms with Gasteiger partial charge in [-0.15, -0.1) is 0 Å². The summed E-state index contributed by atoms with van der Waals surface area (Å²) in [6, 6.07) is 0. The maximum atomic E-state index is 9.06. The molecule has 0 saturated heterocycles. The SMILES string of the molecule is C=C(C)OOCC(O)CNC.C=C(C)OOCCOC.CN. The van der Waals surface area contributed by atoms with Gasteiger partial charge < -0.3 is 30.7 Å². The number of hydrogen-bond donors (Lipinski definition) is 3. The molecule has 8 heteroatoms. The highest BCUT2D eigenvalue weighted by Gasteiger charge is 2.02. The lowest BCUT2D eigenvalue weighted by atomic mass is 10.4. The Bertz CT molecular complexity index is 251. The first-order valence-electron chi connectivity index (χ1n) is 6.73. The van der Waals surface area contributed by atoms with Gasteiger partial charge in [-0.1, -0.05) is 13.2 Å². The zero-order chi connectivity index (χ0) is 17.8. The summed E-state index contributed by atoms with van der Waals surface area (Å²) < 4.78 is 4.69. The molecule has 0 amide bonds. The van der Waals surface area contributed by atoms with Crippen molar-refractivity contribution in [2.75, 3.05) is 47.6 Å². The Morgan fingerprint density at radius 3 is 2.00 bits per heavy atom. The molecule has 0 aliphatic heterocycles. The van der Waals surface area contributed by atoms with Crippen LogP contribution in [0.5, 0.6) is 0 Å². The Morgan fingerprint density at radius 2 is 1.59 bits per heavy atom. The Morgan fingerprint density at radius 1 is 1.09 bits per heavy atom. The fourth-order valence-electron chi connectivity index (χ4n) is 0.767. The van der Waals surface area contributed by atoms with E-state index in [9.17, 15) is 0 Å². The minimum atomic E-state index is -0.542. The van der Waals surface area contributed by atoms with Crippen molar-refractivity contribution in [3.05, 3.63) is 24.7 Å². The second kappa shape index (κ2) is 22.1. The van der Waals surface area contributed by atoms with Crippen LogP contribution < -0.4 is 11.1 Å². The van der Waals surface area contributed by atoms with Gasteiger partial charge in [-0.05, 0) is 27.9 Å². The third kappa shape index (κ3) is 31.3. The van der Waals surface area contributed by atoms with Crippen LogP contribution in [0.25, 0.3) is 0 Å². The zero-order valence-corrected chi connectivity index (χ0v) is 14.4. The highest BCUT2D eigenvalue weighted by Crippen LogP contribution is 1.92. The molecule has 1 atom stereocenters. The smallest absolute Gasteiger partial charge is 0.132 e. The maximum Gasteiger partial charge on any atom is 0.132 e. The first kappa shape index (κ1) is 25.8. The standard InChI is InChI=1S/C7H15NO3.C6H12O3.CH5N/c1-6(2)11-10-5-7(9)4-8-3;1-6(2)9-8-5-4-7-3;1-2/h7-9H,1,4-5H2,2-3H3;1,4-5H2,2-3H3;2H2,1H3. The normalized spacial score (nSPS) is 10.3. The van der Waals surface area contributed by atoms with Gasteiger partial charge in [-0.25, -0.2) is 0 Å². The van der Waals surface area contributed by atoms with E-state index in [1.807, 2.05) is 0 Å². The molecule has 0 heterocycles. The van der Waals surface area contributed by atoms with Crippen LogP contribution in [0.2, 0.25) is 0 Å². The molecule has 0 radical (unpaired) electrons. The van der Waals surface area contributed by atoms with Crippen LogP contribution in [0.1, 0.15) is 13.8 Å². The molecule has 134 valence electrons. The van der Waals surface area contributed by atoms with Crippen molar-refractivity contribution in [3.8, 4) is 0 Å². The van der Waals surface area contributed by atoms with Crippen LogP contribution in [0.3, 0.4) is 0 Å². The summed E-state index contributed by atoms with van der Waals surface area (Å²) in [5, 5.41) is 11.9. The van der Waals surface area contributed by atoms with Gasteiger partial charge >= 0.3 is 0 Å². The molecule has 0 aliphatic rings. The molecular formula is C14H32N2O6. The predicted molar refractivity (Wildman–Crippen MR) is 85.6 cm³/mol. The Hall–Kier alpha value is -1.16. The lowest BCUT2D eigenvalue weighted by molar-refractivity contribution is -0.273. The predicted octanol–water partition coefficient (Wildman–Crippen LogP) is 0.738. The summed E-state index contributed by atoms with van der Waals surface area (Å²) in [7, 11) is 4.85. The summed E-state index contributed by atoms with van der Waals surface area (Å²) in [6.07, 6.45) is -0.542. The van der Waals surface area contributed by atoms with E-state index in [0.717, 1.165) is 0 Å². The molecule has 0 rings (SSSR count). The number of aliphatic hydroxyl groups excluding tert-OH is 1. The second-order valence-corrected chi connectivity index (χ2v) is 3.88. The van der Waals surface area contributed by atoms with Crippen LogP contribution in [0, 0.1) is 0 Å². The molecule has 8 nitrogen and oxygen atoms in total. The Labute approximate surface area is 133 Å². The first-order valence-corrected chi connectivity index (χ1v) is 6.73. The molecule has 0 fully saturated rings. The summed E-state index contributed by atoms with van der Waals surface area (Å²) in [6.45, 7) is 11.9. The number of allylic oxidation sites excluding steroid dienone is 2. The van der Waals surface area contributed by atoms with Gasteiger partial charge in [0.05, 0.1) is 12.7 Å². The van der Waals surface area contributed by atoms with E-state index in [1.165, 1.54) is 7.05 Å². The largest absolute Gasteiger partial charge is 0.389 e. The van der Waals surface area contributed by atoms with Crippen molar-refractivity contribution in [2.45, 2.75) is 20.0 Å². The van der Waals surface area contributed by atoms with E-state index < -0.39 is 6.10 Å². The van der Waals surface area contributed by atoms with Gasteiger partial charge in [-0.2, -0.15) is 9.78 Å². The lowest BCUT2D eigenvalue weighted by Crippen LogP contribution is -2.27. The van der Waals surface area contributed by atoms with E-state index in [0.29, 0.717) is 31.3 Å². The van der Waals surface area contributed by atoms with Crippen molar-refractivity contribution in [1.29, 1.82) is 0 Å². The van der Waals surface area contributed by atoms with Gasteiger partial charge in [0, 0.05) is 13.7 Å². The quantitative estimate of drug-likeness (QED) is 0.221. The molecule has 0 aromatic carbocycles. The fraction of sp³-hybridized carbons (Fsp3) is 0.714. The number of nitrogens with two attached hydrogens (primary N) is 1. The number of hydrogen-bond acceptors (Lipinski definition) is 8. The van der Waals surface area contributed by atoms with Crippen molar-refractivity contribution < 1.29 is 29.4 Å². The van der Waals surface area contributed by atoms with E-state index in [4.69, 9.17) is 5.11 Å². The summed E-state index contributed by atoms with van der Waals surface area (Å²) in [5.74, 6) is 1.02. The Balaban J connectivity index is -0.000000299. The Kier molecular flexibility index (Phi) is 25.9. The molecule has 0 aromatic rings. The van der Waals surface area contributed by atoms with E-state index in [2.05, 4.69) is 48.5 Å². The zero-order valence-electron chi connectivity index (χ0n) is 14.4. The molecule has 0 spiro atoms. The number of ether oxygens (including phenoxy) is 1. The molecule has 1 unspecified atom stereocenters. The van der Waals surface area contributed by atoms with Crippen LogP contribution in [-0.2, 0) is 24.3 Å². The third-order valence-electron chi connectivity index (χ3n) is 1.47. The van der Waals surface area contributed by atoms with Crippen molar-refractivity contribution in [2.24, 2.45) is 5.73 Å². The van der Waals surface area contributed by atoms with Crippen LogP contribution in [0.15, 0.2) is 24.7 Å². The molecule has 0 aromatic heterocycles. The lowest BCUT2D eigenvalue weighted by Gasteiger charge is -2.09. The van der Waals surface area contributed by atoms with Gasteiger partial charge in [0.2, 0.25) is 0 Å². The molecule has 0 bridgehead atoms. The molecule has 4 N–H and O–H groups in total. The topological polar surface area (TPSA) is 104 Å². The first-order chi connectivity index (χ1) is 10.4. The second-order valence-electron chi connectivity index (χ2n) is 3.88. The number of nitrogens with one attached hydrogen (secondary N) is 1. The summed E-state index contributed by atoms with van der Waals surface area (Å²) in [5.41, 5.74) is 4.50. The fourth-order valence-corrected chi connectivity index (χ4v) is 0.767. The highest BCUT2D eigenvalue weighted by atomic mass is 17.2. The monoisotopic (exact) mass is 324 g/mol. The number of aliphatic hydroxyl groups is 1.